The molecule has 1 aliphatic rings. The normalized spacial score (nSPS) is 16.5. The first-order valence-corrected chi connectivity index (χ1v) is 9.40. The van der Waals surface area contributed by atoms with Crippen molar-refractivity contribution in [3.63, 3.8) is 0 Å². The SMILES string of the molecule is Cc1cccc(CCC(=O)NC(C)C2(c3ccc(Br)cc3)CC2)c1. The van der Waals surface area contributed by atoms with E-state index in [2.05, 4.69) is 83.6 Å². The number of carbonyl (C=O) groups excluding carboxylic acids is 1. The van der Waals surface area contributed by atoms with Gasteiger partial charge in [0.05, 0.1) is 0 Å². The van der Waals surface area contributed by atoms with E-state index in [1.54, 1.807) is 0 Å². The number of benzene rings is 2. The average molecular weight is 386 g/mol. The van der Waals surface area contributed by atoms with Gasteiger partial charge < -0.3 is 5.32 Å². The van der Waals surface area contributed by atoms with Crippen molar-refractivity contribution in [2.45, 2.75) is 51.0 Å². The topological polar surface area (TPSA) is 29.1 Å². The molecular weight excluding hydrogens is 362 g/mol. The molecule has 0 heterocycles. The third-order valence-corrected chi connectivity index (χ3v) is 5.67. The second-order valence-electron chi connectivity index (χ2n) is 6.94. The molecule has 0 saturated heterocycles. The molecule has 1 unspecified atom stereocenters. The Morgan fingerprint density at radius 2 is 1.92 bits per heavy atom. The molecule has 0 radical (unpaired) electrons. The van der Waals surface area contributed by atoms with Crippen molar-refractivity contribution in [1.82, 2.24) is 5.32 Å². The molecule has 0 bridgehead atoms. The number of amides is 1. The van der Waals surface area contributed by atoms with Crippen molar-refractivity contribution in [3.8, 4) is 0 Å². The molecule has 3 rings (SSSR count). The summed E-state index contributed by atoms with van der Waals surface area (Å²) in [5.74, 6) is 0.146. The first-order chi connectivity index (χ1) is 11.5. The van der Waals surface area contributed by atoms with Crippen LogP contribution in [0.25, 0.3) is 0 Å². The third-order valence-electron chi connectivity index (χ3n) is 5.14. The zero-order valence-corrected chi connectivity index (χ0v) is 15.9. The Balaban J connectivity index is 1.57. The average Bonchev–Trinajstić information content (AvgIpc) is 3.35. The molecule has 1 saturated carbocycles. The lowest BCUT2D eigenvalue weighted by Crippen LogP contribution is -2.41. The number of hydrogen-bond acceptors (Lipinski definition) is 1. The summed E-state index contributed by atoms with van der Waals surface area (Å²) in [5.41, 5.74) is 3.93. The van der Waals surface area contributed by atoms with Gasteiger partial charge in [-0.2, -0.15) is 0 Å². The lowest BCUT2D eigenvalue weighted by atomic mass is 9.89. The zero-order chi connectivity index (χ0) is 17.2. The Hall–Kier alpha value is -1.61. The largest absolute Gasteiger partial charge is 0.353 e. The maximum Gasteiger partial charge on any atom is 0.220 e. The number of carbonyl (C=O) groups is 1. The molecule has 1 fully saturated rings. The third kappa shape index (κ3) is 3.89. The quantitative estimate of drug-likeness (QED) is 0.750. The van der Waals surface area contributed by atoms with E-state index in [0.29, 0.717) is 6.42 Å². The van der Waals surface area contributed by atoms with Gasteiger partial charge in [0, 0.05) is 22.4 Å². The summed E-state index contributed by atoms with van der Waals surface area (Å²) in [6, 6.07) is 17.1. The van der Waals surface area contributed by atoms with Crippen LogP contribution < -0.4 is 5.32 Å². The number of rotatable bonds is 6. The molecule has 1 N–H and O–H groups in total. The Morgan fingerprint density at radius 3 is 2.54 bits per heavy atom. The van der Waals surface area contributed by atoms with Gasteiger partial charge in [0.2, 0.25) is 5.91 Å². The van der Waals surface area contributed by atoms with E-state index in [9.17, 15) is 4.79 Å². The second-order valence-corrected chi connectivity index (χ2v) is 7.86. The molecule has 24 heavy (non-hydrogen) atoms. The Bertz CT molecular complexity index is 719. The minimum atomic E-state index is 0.125. The minimum Gasteiger partial charge on any atom is -0.353 e. The summed E-state index contributed by atoms with van der Waals surface area (Å²) >= 11 is 3.49. The van der Waals surface area contributed by atoms with Crippen LogP contribution in [0.1, 0.15) is 42.9 Å². The van der Waals surface area contributed by atoms with Crippen LogP contribution in [0.2, 0.25) is 0 Å². The molecule has 2 aromatic rings. The summed E-state index contributed by atoms with van der Waals surface area (Å²) in [4.78, 5) is 12.4. The molecule has 0 aromatic heterocycles. The Labute approximate surface area is 152 Å². The van der Waals surface area contributed by atoms with Crippen LogP contribution in [0.15, 0.2) is 53.0 Å². The monoisotopic (exact) mass is 385 g/mol. The summed E-state index contributed by atoms with van der Waals surface area (Å²) in [6.07, 6.45) is 3.64. The van der Waals surface area contributed by atoms with Gasteiger partial charge in [-0.1, -0.05) is 57.9 Å². The molecule has 3 heteroatoms. The van der Waals surface area contributed by atoms with Crippen LogP contribution in [0.3, 0.4) is 0 Å². The highest BCUT2D eigenvalue weighted by Crippen LogP contribution is 2.51. The van der Waals surface area contributed by atoms with Crippen molar-refractivity contribution in [1.29, 1.82) is 0 Å². The van der Waals surface area contributed by atoms with Crippen molar-refractivity contribution < 1.29 is 4.79 Å². The van der Waals surface area contributed by atoms with Gasteiger partial charge in [0.1, 0.15) is 0 Å². The Morgan fingerprint density at radius 1 is 1.21 bits per heavy atom. The van der Waals surface area contributed by atoms with Crippen molar-refractivity contribution in [2.75, 3.05) is 0 Å². The van der Waals surface area contributed by atoms with E-state index < -0.39 is 0 Å². The summed E-state index contributed by atoms with van der Waals surface area (Å²) in [6.45, 7) is 4.22. The molecular formula is C21H24BrNO. The maximum atomic E-state index is 12.4. The van der Waals surface area contributed by atoms with Crippen LogP contribution in [0.4, 0.5) is 0 Å². The highest BCUT2D eigenvalue weighted by molar-refractivity contribution is 9.10. The van der Waals surface area contributed by atoms with Crippen LogP contribution in [-0.4, -0.2) is 11.9 Å². The molecule has 1 amide bonds. The smallest absolute Gasteiger partial charge is 0.220 e. The van der Waals surface area contributed by atoms with Gasteiger partial charge in [-0.3, -0.25) is 4.79 Å². The summed E-state index contributed by atoms with van der Waals surface area (Å²) < 4.78 is 1.09. The fourth-order valence-electron chi connectivity index (χ4n) is 3.47. The van der Waals surface area contributed by atoms with E-state index in [1.165, 1.54) is 16.7 Å². The highest BCUT2D eigenvalue weighted by Gasteiger charge is 2.49. The van der Waals surface area contributed by atoms with Gasteiger partial charge in [-0.25, -0.2) is 0 Å². The van der Waals surface area contributed by atoms with Crippen LogP contribution >= 0.6 is 15.9 Å². The van der Waals surface area contributed by atoms with Crippen molar-refractivity contribution in [2.24, 2.45) is 0 Å². The predicted octanol–water partition coefficient (Wildman–Crippen LogP) is 4.93. The van der Waals surface area contributed by atoms with Crippen LogP contribution in [-0.2, 0) is 16.6 Å². The molecule has 126 valence electrons. The van der Waals surface area contributed by atoms with E-state index in [-0.39, 0.29) is 17.4 Å². The van der Waals surface area contributed by atoms with Crippen LogP contribution in [0, 0.1) is 6.92 Å². The summed E-state index contributed by atoms with van der Waals surface area (Å²) in [7, 11) is 0. The number of nitrogens with one attached hydrogen (secondary N) is 1. The lowest BCUT2D eigenvalue weighted by molar-refractivity contribution is -0.121. The molecule has 1 aliphatic carbocycles. The predicted molar refractivity (Wildman–Crippen MR) is 102 cm³/mol. The lowest BCUT2D eigenvalue weighted by Gasteiger charge is -2.25. The highest BCUT2D eigenvalue weighted by atomic mass is 79.9. The van der Waals surface area contributed by atoms with Crippen molar-refractivity contribution in [3.05, 3.63) is 69.7 Å². The van der Waals surface area contributed by atoms with Gasteiger partial charge in [-0.15, -0.1) is 0 Å². The minimum absolute atomic E-state index is 0.125. The fraction of sp³-hybridized carbons (Fsp3) is 0.381. The summed E-state index contributed by atoms with van der Waals surface area (Å²) in [5, 5.41) is 3.23. The van der Waals surface area contributed by atoms with Gasteiger partial charge in [-0.05, 0) is 56.4 Å². The second kappa shape index (κ2) is 7.10. The van der Waals surface area contributed by atoms with E-state index in [1.807, 2.05) is 0 Å². The first-order valence-electron chi connectivity index (χ1n) is 8.60. The standard InChI is InChI=1S/C21H24BrNO/c1-15-4-3-5-17(14-15)6-11-20(24)23-16(2)21(12-13-21)18-7-9-19(22)10-8-18/h3-5,7-10,14,16H,6,11-13H2,1-2H3,(H,23,24). The van der Waals surface area contributed by atoms with E-state index in [0.717, 1.165) is 23.7 Å². The Kier molecular flexibility index (Phi) is 5.09. The molecule has 0 spiro atoms. The van der Waals surface area contributed by atoms with E-state index >= 15 is 0 Å². The van der Waals surface area contributed by atoms with Gasteiger partial charge >= 0.3 is 0 Å². The number of aryl methyl sites for hydroxylation is 2. The fourth-order valence-corrected chi connectivity index (χ4v) is 3.73. The first kappa shape index (κ1) is 17.2. The maximum absolute atomic E-state index is 12.4. The zero-order valence-electron chi connectivity index (χ0n) is 14.3. The van der Waals surface area contributed by atoms with Crippen LogP contribution in [0.5, 0.6) is 0 Å². The number of hydrogen-bond donors (Lipinski definition) is 1. The van der Waals surface area contributed by atoms with Gasteiger partial charge in [0.15, 0.2) is 0 Å². The van der Waals surface area contributed by atoms with Gasteiger partial charge in [0.25, 0.3) is 0 Å². The van der Waals surface area contributed by atoms with Crippen molar-refractivity contribution >= 4 is 21.8 Å². The number of halogens is 1. The van der Waals surface area contributed by atoms with E-state index in [4.69, 9.17) is 0 Å². The molecule has 1 atom stereocenters. The molecule has 2 aromatic carbocycles. The molecule has 0 aliphatic heterocycles. The molecule has 2 nitrogen and oxygen atoms in total.